The Bertz CT molecular complexity index is 1200. The van der Waals surface area contributed by atoms with Gasteiger partial charge in [0, 0.05) is 103 Å². The molecule has 1 heterocycles. The van der Waals surface area contributed by atoms with E-state index in [0.29, 0.717) is 6.29 Å². The molecular formula is C27H54N4O12P4. The zero-order valence-corrected chi connectivity index (χ0v) is 31.4. The first-order valence-corrected chi connectivity index (χ1v) is 23.8. The minimum atomic E-state index is -3.81. The summed E-state index contributed by atoms with van der Waals surface area (Å²) in [4.78, 5) is 94.6. The summed E-state index contributed by atoms with van der Waals surface area (Å²) in [5.74, 6) is -0.703. The molecule has 20 heteroatoms. The van der Waals surface area contributed by atoms with E-state index in [0.717, 1.165) is 0 Å². The predicted octanol–water partition coefficient (Wildman–Crippen LogP) is 1.65. The van der Waals surface area contributed by atoms with Crippen molar-refractivity contribution in [1.29, 1.82) is 0 Å². The van der Waals surface area contributed by atoms with Gasteiger partial charge in [-0.15, -0.1) is 0 Å². The van der Waals surface area contributed by atoms with Gasteiger partial charge in [0.1, 0.15) is 23.6 Å². The van der Waals surface area contributed by atoms with Crippen LogP contribution in [0.15, 0.2) is 0 Å². The Labute approximate surface area is 278 Å². The Kier molecular flexibility index (Phi) is 19.6. The summed E-state index contributed by atoms with van der Waals surface area (Å²) in [5.41, 5.74) is 0. The molecule has 0 radical (unpaired) electrons. The number of hydrogen-bond acceptors (Lipinski definition) is 12. The van der Waals surface area contributed by atoms with E-state index in [1.54, 1.807) is 19.6 Å². The third kappa shape index (κ3) is 21.9. The topological polar surface area (TPSA) is 230 Å². The van der Waals surface area contributed by atoms with E-state index >= 15 is 0 Å². The maximum atomic E-state index is 13.1. The van der Waals surface area contributed by atoms with Crippen LogP contribution >= 0.6 is 29.5 Å². The molecule has 274 valence electrons. The molecule has 1 saturated heterocycles. The van der Waals surface area contributed by atoms with Crippen LogP contribution < -0.4 is 0 Å². The van der Waals surface area contributed by atoms with Crippen LogP contribution in [0.25, 0.3) is 0 Å². The fourth-order valence-corrected chi connectivity index (χ4v) is 11.6. The Hall–Kier alpha value is -0.720. The second-order valence-electron chi connectivity index (χ2n) is 12.6. The Morgan fingerprint density at radius 1 is 0.489 bits per heavy atom. The molecular weight excluding hydrogens is 696 g/mol. The largest absolute Gasteiger partial charge is 0.343 e. The molecule has 0 aromatic rings. The van der Waals surface area contributed by atoms with Crippen molar-refractivity contribution in [2.45, 2.75) is 46.5 Å². The van der Waals surface area contributed by atoms with E-state index in [-0.39, 0.29) is 145 Å². The number of ketones is 3. The van der Waals surface area contributed by atoms with Crippen molar-refractivity contribution in [2.75, 3.05) is 102 Å². The summed E-state index contributed by atoms with van der Waals surface area (Å²) < 4.78 is 52.1. The summed E-state index contributed by atoms with van der Waals surface area (Å²) in [6.07, 6.45) is -1.79. The van der Waals surface area contributed by atoms with E-state index in [1.165, 1.54) is 20.8 Å². The molecule has 4 N–H and O–H groups in total. The van der Waals surface area contributed by atoms with Crippen LogP contribution in [0.3, 0.4) is 0 Å². The minimum absolute atomic E-state index is 0.0783. The average molecular weight is 751 g/mol. The standard InChI is InChI=1S/C27H54N4O12P4/c1-25(33)5-18-45(38,39)22-29-10-8-28(21-44(36,37)17-4-16-32)9-11-30(23-46(40,41)19-6-26(2)34)13-15-31(14-12-29)24-47(42,43)20-7-27(3)35/h16H,4-15,17-24H2,1-3H3,(H,36,37)(H,38,39)(H,40,41)(H,42,43). The van der Waals surface area contributed by atoms with Gasteiger partial charge in [0.2, 0.25) is 29.5 Å². The number of rotatable bonds is 20. The van der Waals surface area contributed by atoms with Gasteiger partial charge in [0.15, 0.2) is 0 Å². The quantitative estimate of drug-likeness (QED) is 0.102. The van der Waals surface area contributed by atoms with E-state index in [4.69, 9.17) is 0 Å². The van der Waals surface area contributed by atoms with Crippen LogP contribution in [0.2, 0.25) is 0 Å². The molecule has 1 fully saturated rings. The lowest BCUT2D eigenvalue weighted by molar-refractivity contribution is -0.117. The first-order chi connectivity index (χ1) is 21.6. The molecule has 0 bridgehead atoms. The van der Waals surface area contributed by atoms with Gasteiger partial charge in [-0.2, -0.15) is 0 Å². The fraction of sp³-hybridized carbons (Fsp3) is 0.852. The molecule has 0 aromatic heterocycles. The third-order valence-corrected chi connectivity index (χ3v) is 14.7. The fourth-order valence-electron chi connectivity index (χ4n) is 4.93. The van der Waals surface area contributed by atoms with Crippen molar-refractivity contribution in [1.82, 2.24) is 19.6 Å². The van der Waals surface area contributed by atoms with Crippen molar-refractivity contribution < 1.29 is 57.0 Å². The average Bonchev–Trinajstić information content (AvgIpc) is 2.94. The van der Waals surface area contributed by atoms with Gasteiger partial charge in [0.05, 0.1) is 25.1 Å². The first-order valence-electron chi connectivity index (χ1n) is 15.7. The zero-order chi connectivity index (χ0) is 35.9. The van der Waals surface area contributed by atoms with Gasteiger partial charge in [-0.1, -0.05) is 0 Å². The summed E-state index contributed by atoms with van der Waals surface area (Å²) in [6.45, 7) is 5.23. The SMILES string of the molecule is CC(=O)CCP(=O)(O)CN1CCN(CP(=O)(O)CCC=O)CCN(CP(=O)(O)CCC(C)=O)CCN(CP(=O)(O)CCC(C)=O)CC1. The van der Waals surface area contributed by atoms with E-state index in [9.17, 15) is 57.0 Å². The second kappa shape index (κ2) is 20.8. The highest BCUT2D eigenvalue weighted by Gasteiger charge is 2.30. The molecule has 0 saturated carbocycles. The molecule has 1 aliphatic rings. The molecule has 0 amide bonds. The molecule has 47 heavy (non-hydrogen) atoms. The zero-order valence-electron chi connectivity index (χ0n) is 27.9. The summed E-state index contributed by atoms with van der Waals surface area (Å²) in [6, 6.07) is 0. The van der Waals surface area contributed by atoms with Crippen LogP contribution in [0.4, 0.5) is 0 Å². The predicted molar refractivity (Wildman–Crippen MR) is 181 cm³/mol. The van der Waals surface area contributed by atoms with Gasteiger partial charge >= 0.3 is 0 Å². The van der Waals surface area contributed by atoms with Gasteiger partial charge in [-0.3, -0.25) is 37.9 Å². The minimum Gasteiger partial charge on any atom is -0.343 e. The molecule has 16 nitrogen and oxygen atoms in total. The number of hydrogen-bond donors (Lipinski definition) is 4. The molecule has 4 unspecified atom stereocenters. The summed E-state index contributed by atoms with van der Waals surface area (Å²) in [5, 5.41) is 0. The number of carbonyl (C=O) groups is 4. The second-order valence-corrected chi connectivity index (χ2v) is 22.3. The van der Waals surface area contributed by atoms with Crippen LogP contribution in [0.1, 0.15) is 46.5 Å². The van der Waals surface area contributed by atoms with Crippen LogP contribution in [-0.2, 0) is 37.4 Å². The molecule has 0 aliphatic carbocycles. The lowest BCUT2D eigenvalue weighted by Crippen LogP contribution is -2.46. The molecule has 1 rings (SSSR count). The van der Waals surface area contributed by atoms with Gasteiger partial charge in [-0.25, -0.2) is 0 Å². The molecule has 1 aliphatic heterocycles. The maximum Gasteiger partial charge on any atom is 0.214 e. The van der Waals surface area contributed by atoms with Crippen LogP contribution in [0, 0.1) is 0 Å². The Balaban J connectivity index is 3.37. The van der Waals surface area contributed by atoms with Gasteiger partial charge in [0.25, 0.3) is 0 Å². The van der Waals surface area contributed by atoms with Crippen molar-refractivity contribution in [3.63, 3.8) is 0 Å². The van der Waals surface area contributed by atoms with Crippen molar-refractivity contribution in [3.8, 4) is 0 Å². The number of nitrogens with zero attached hydrogens (tertiary/aromatic N) is 4. The number of carbonyl (C=O) groups excluding carboxylic acids is 4. The highest BCUT2D eigenvalue weighted by Crippen LogP contribution is 2.45. The number of aldehydes is 1. The first kappa shape index (κ1) is 44.3. The Morgan fingerprint density at radius 2 is 0.702 bits per heavy atom. The van der Waals surface area contributed by atoms with E-state index < -0.39 is 29.5 Å². The van der Waals surface area contributed by atoms with Crippen molar-refractivity contribution >= 4 is 53.1 Å². The molecule has 0 spiro atoms. The van der Waals surface area contributed by atoms with Crippen molar-refractivity contribution in [2.24, 2.45) is 0 Å². The highest BCUT2D eigenvalue weighted by molar-refractivity contribution is 7.58. The summed E-state index contributed by atoms with van der Waals surface area (Å²) in [7, 11) is -15.2. The monoisotopic (exact) mass is 750 g/mol. The Morgan fingerprint density at radius 3 is 0.894 bits per heavy atom. The summed E-state index contributed by atoms with van der Waals surface area (Å²) >= 11 is 0. The highest BCUT2D eigenvalue weighted by atomic mass is 31.2. The van der Waals surface area contributed by atoms with Crippen molar-refractivity contribution in [3.05, 3.63) is 0 Å². The van der Waals surface area contributed by atoms with E-state index in [1.807, 2.05) is 0 Å². The van der Waals surface area contributed by atoms with Gasteiger partial charge < -0.3 is 38.8 Å². The van der Waals surface area contributed by atoms with Crippen LogP contribution in [0.5, 0.6) is 0 Å². The van der Waals surface area contributed by atoms with E-state index in [2.05, 4.69) is 0 Å². The normalized spacial score (nSPS) is 22.0. The lowest BCUT2D eigenvalue weighted by Gasteiger charge is -2.36. The van der Waals surface area contributed by atoms with Gasteiger partial charge in [-0.05, 0) is 20.8 Å². The van der Waals surface area contributed by atoms with Crippen LogP contribution in [-0.4, -0.2) is 165 Å². The molecule has 0 aromatic carbocycles. The third-order valence-electron chi connectivity index (χ3n) is 7.65. The number of Topliss-reactive ketones (excluding diaryl/α,β-unsaturated/α-hetero) is 3. The molecule has 4 atom stereocenters. The lowest BCUT2D eigenvalue weighted by atomic mass is 10.3. The maximum absolute atomic E-state index is 13.1. The smallest absolute Gasteiger partial charge is 0.214 e.